The zero-order valence-corrected chi connectivity index (χ0v) is 6.23. The molecule has 0 heterocycles. The highest BCUT2D eigenvalue weighted by molar-refractivity contribution is 6.31. The molecule has 0 saturated heterocycles. The third kappa shape index (κ3) is 1.91. The maximum atomic E-state index is 12.5. The first-order valence-corrected chi connectivity index (χ1v) is 3.27. The van der Waals surface area contributed by atoms with Crippen LogP contribution in [0.5, 0.6) is 0 Å². The number of nitrogens with one attached hydrogen (secondary N) is 1. The van der Waals surface area contributed by atoms with E-state index in [0.29, 0.717) is 12.1 Å². The lowest BCUT2D eigenvalue weighted by molar-refractivity contribution is -0.105. The monoisotopic (exact) mass is 173 g/mol. The Morgan fingerprint density at radius 2 is 2.27 bits per heavy atom. The normalized spacial score (nSPS) is 9.27. The van der Waals surface area contributed by atoms with Crippen LogP contribution in [0.3, 0.4) is 0 Å². The van der Waals surface area contributed by atoms with Gasteiger partial charge in [0.05, 0.1) is 5.02 Å². The second-order valence-corrected chi connectivity index (χ2v) is 2.30. The Labute approximate surface area is 68.0 Å². The zero-order valence-electron chi connectivity index (χ0n) is 5.47. The van der Waals surface area contributed by atoms with Crippen LogP contribution >= 0.6 is 11.6 Å². The van der Waals surface area contributed by atoms with E-state index in [1.165, 1.54) is 18.2 Å². The molecule has 0 aliphatic heterocycles. The minimum Gasteiger partial charge on any atom is -0.329 e. The maximum absolute atomic E-state index is 12.5. The molecule has 1 N–H and O–H groups in total. The molecule has 0 saturated carbocycles. The van der Waals surface area contributed by atoms with E-state index < -0.39 is 5.82 Å². The third-order valence-electron chi connectivity index (χ3n) is 1.15. The van der Waals surface area contributed by atoms with Gasteiger partial charge in [0, 0.05) is 5.69 Å². The average molecular weight is 174 g/mol. The van der Waals surface area contributed by atoms with E-state index in [9.17, 15) is 9.18 Å². The van der Waals surface area contributed by atoms with Gasteiger partial charge in [-0.15, -0.1) is 0 Å². The Bertz CT molecular complexity index is 277. The Morgan fingerprint density at radius 1 is 1.55 bits per heavy atom. The molecule has 1 amide bonds. The number of anilines is 1. The second kappa shape index (κ2) is 3.34. The fourth-order valence-corrected chi connectivity index (χ4v) is 0.834. The van der Waals surface area contributed by atoms with Gasteiger partial charge in [-0.05, 0) is 18.2 Å². The fraction of sp³-hybridized carbons (Fsp3) is 0. The van der Waals surface area contributed by atoms with Crippen LogP contribution < -0.4 is 5.32 Å². The van der Waals surface area contributed by atoms with Crippen LogP contribution in [-0.2, 0) is 4.79 Å². The molecule has 0 fully saturated rings. The Kier molecular flexibility index (Phi) is 2.44. The van der Waals surface area contributed by atoms with Gasteiger partial charge < -0.3 is 5.32 Å². The Morgan fingerprint density at radius 3 is 2.82 bits per heavy atom. The molecule has 0 unspecified atom stereocenters. The summed E-state index contributed by atoms with van der Waals surface area (Å²) in [6.07, 6.45) is 0.504. The molecule has 0 radical (unpaired) electrons. The van der Waals surface area contributed by atoms with Gasteiger partial charge in [-0.25, -0.2) is 4.39 Å². The number of carbonyl (C=O) groups is 1. The molecule has 0 spiro atoms. The van der Waals surface area contributed by atoms with Crippen LogP contribution in [0.15, 0.2) is 18.2 Å². The van der Waals surface area contributed by atoms with Crippen LogP contribution in [0.4, 0.5) is 10.1 Å². The topological polar surface area (TPSA) is 29.1 Å². The van der Waals surface area contributed by atoms with Crippen LogP contribution in [0.25, 0.3) is 0 Å². The van der Waals surface area contributed by atoms with Crippen molar-refractivity contribution in [1.82, 2.24) is 0 Å². The van der Waals surface area contributed by atoms with E-state index in [1.807, 2.05) is 0 Å². The number of halogens is 2. The largest absolute Gasteiger partial charge is 0.329 e. The highest BCUT2D eigenvalue weighted by atomic mass is 35.5. The van der Waals surface area contributed by atoms with Crippen molar-refractivity contribution >= 4 is 23.7 Å². The molecule has 1 rings (SSSR count). The van der Waals surface area contributed by atoms with Crippen LogP contribution in [0.1, 0.15) is 0 Å². The van der Waals surface area contributed by atoms with Gasteiger partial charge in [-0.1, -0.05) is 11.6 Å². The predicted octanol–water partition coefficient (Wildman–Crippen LogP) is 2.05. The van der Waals surface area contributed by atoms with Gasteiger partial charge in [0.1, 0.15) is 5.82 Å². The summed E-state index contributed by atoms with van der Waals surface area (Å²) in [5.41, 5.74) is 0.478. The van der Waals surface area contributed by atoms with Crippen molar-refractivity contribution in [3.05, 3.63) is 29.0 Å². The lowest BCUT2D eigenvalue weighted by Crippen LogP contribution is -1.93. The van der Waals surface area contributed by atoms with Gasteiger partial charge in [-0.3, -0.25) is 4.79 Å². The first-order valence-electron chi connectivity index (χ1n) is 2.89. The third-order valence-corrected chi connectivity index (χ3v) is 1.43. The summed E-state index contributed by atoms with van der Waals surface area (Å²) in [6, 6.07) is 3.95. The number of carbonyl (C=O) groups excluding carboxylic acids is 1. The molecule has 0 aliphatic rings. The molecule has 2 nitrogen and oxygen atoms in total. The van der Waals surface area contributed by atoms with Crippen molar-refractivity contribution < 1.29 is 9.18 Å². The maximum Gasteiger partial charge on any atom is 0.211 e. The fourth-order valence-electron chi connectivity index (χ4n) is 0.654. The van der Waals surface area contributed by atoms with Crippen molar-refractivity contribution in [2.75, 3.05) is 5.32 Å². The first kappa shape index (κ1) is 8.01. The molecule has 0 atom stereocenters. The van der Waals surface area contributed by atoms with Crippen LogP contribution in [0, 0.1) is 5.82 Å². The van der Waals surface area contributed by atoms with Crippen LogP contribution in [0.2, 0.25) is 5.02 Å². The molecular weight excluding hydrogens is 169 g/mol. The molecule has 11 heavy (non-hydrogen) atoms. The second-order valence-electron chi connectivity index (χ2n) is 1.89. The molecule has 58 valence electrons. The standard InChI is InChI=1S/C7H5ClFNO/c8-6-3-5(10-4-11)1-2-7(6)9/h1-4H,(H,10,11). The number of hydrogen-bond acceptors (Lipinski definition) is 1. The predicted molar refractivity (Wildman–Crippen MR) is 41.1 cm³/mol. The van der Waals surface area contributed by atoms with E-state index >= 15 is 0 Å². The molecule has 1 aromatic rings. The quantitative estimate of drug-likeness (QED) is 0.682. The van der Waals surface area contributed by atoms with E-state index in [-0.39, 0.29) is 5.02 Å². The first-order chi connectivity index (χ1) is 5.24. The van der Waals surface area contributed by atoms with E-state index in [1.54, 1.807) is 0 Å². The molecule has 4 heteroatoms. The molecule has 0 aromatic heterocycles. The number of hydrogen-bond donors (Lipinski definition) is 1. The van der Waals surface area contributed by atoms with E-state index in [4.69, 9.17) is 11.6 Å². The highest BCUT2D eigenvalue weighted by Crippen LogP contribution is 2.18. The summed E-state index contributed by atoms with van der Waals surface area (Å²) in [5.74, 6) is -0.497. The van der Waals surface area contributed by atoms with Gasteiger partial charge in [-0.2, -0.15) is 0 Å². The summed E-state index contributed by atoms with van der Waals surface area (Å²) >= 11 is 5.42. The molecular formula is C7H5ClFNO. The number of rotatable bonds is 2. The van der Waals surface area contributed by atoms with Gasteiger partial charge in [0.15, 0.2) is 0 Å². The highest BCUT2D eigenvalue weighted by Gasteiger charge is 1.98. The summed E-state index contributed by atoms with van der Waals surface area (Å²) < 4.78 is 12.5. The van der Waals surface area contributed by atoms with Crippen molar-refractivity contribution in [3.8, 4) is 0 Å². The SMILES string of the molecule is O=CNc1ccc(F)c(Cl)c1. The van der Waals surface area contributed by atoms with Gasteiger partial charge >= 0.3 is 0 Å². The van der Waals surface area contributed by atoms with E-state index in [2.05, 4.69) is 5.32 Å². The Balaban J connectivity index is 2.95. The van der Waals surface area contributed by atoms with Crippen LogP contribution in [-0.4, -0.2) is 6.41 Å². The lowest BCUT2D eigenvalue weighted by Gasteiger charge is -1.98. The summed E-state index contributed by atoms with van der Waals surface area (Å²) in [4.78, 5) is 9.92. The summed E-state index contributed by atoms with van der Waals surface area (Å²) in [5, 5.41) is 2.34. The van der Waals surface area contributed by atoms with Gasteiger partial charge in [0.2, 0.25) is 6.41 Å². The van der Waals surface area contributed by atoms with Crippen molar-refractivity contribution in [2.24, 2.45) is 0 Å². The van der Waals surface area contributed by atoms with Crippen molar-refractivity contribution in [1.29, 1.82) is 0 Å². The average Bonchev–Trinajstić information content (AvgIpc) is 1.98. The lowest BCUT2D eigenvalue weighted by atomic mass is 10.3. The summed E-state index contributed by atoms with van der Waals surface area (Å²) in [7, 11) is 0. The van der Waals surface area contributed by atoms with Crippen molar-refractivity contribution in [2.45, 2.75) is 0 Å². The molecule has 0 bridgehead atoms. The minimum atomic E-state index is -0.497. The Hall–Kier alpha value is -1.09. The molecule has 1 aromatic carbocycles. The van der Waals surface area contributed by atoms with Gasteiger partial charge in [0.25, 0.3) is 0 Å². The number of amides is 1. The van der Waals surface area contributed by atoms with Crippen molar-refractivity contribution in [3.63, 3.8) is 0 Å². The molecule has 0 aliphatic carbocycles. The van der Waals surface area contributed by atoms with E-state index in [0.717, 1.165) is 0 Å². The smallest absolute Gasteiger partial charge is 0.211 e. The zero-order chi connectivity index (χ0) is 8.27. The summed E-state index contributed by atoms with van der Waals surface area (Å²) in [6.45, 7) is 0. The minimum absolute atomic E-state index is 0.00292. The number of benzene rings is 1.